The monoisotopic (exact) mass is 471 g/mol. The number of primary amides is 1. The third-order valence-electron chi connectivity index (χ3n) is 5.03. The zero-order chi connectivity index (χ0) is 24.5. The fourth-order valence-electron chi connectivity index (χ4n) is 3.45. The average Bonchev–Trinajstić information content (AvgIpc) is 3.18. The fraction of sp³-hybridized carbons (Fsp3) is 0.0870. The standard InChI is InChI=1S/C23H17F4N5O2/c24-16-5-4-14(23(25,26)27)11-18(16)31-22(34)30-17-2-1-3-20-15(17)7-9-32(20)12-13-6-8-29-19(10-13)21(28)33/h1-11H,12H2,(H2,28,33)(H2,30,31,34). The van der Waals surface area contributed by atoms with Crippen molar-refractivity contribution in [3.63, 3.8) is 0 Å². The molecule has 2 aromatic heterocycles. The molecule has 0 saturated carbocycles. The first-order valence-corrected chi connectivity index (χ1v) is 9.89. The van der Waals surface area contributed by atoms with E-state index < -0.39 is 35.2 Å². The molecule has 0 unspecified atom stereocenters. The Morgan fingerprint density at radius 3 is 2.50 bits per heavy atom. The van der Waals surface area contributed by atoms with Crippen molar-refractivity contribution in [1.82, 2.24) is 9.55 Å². The average molecular weight is 471 g/mol. The fourth-order valence-corrected chi connectivity index (χ4v) is 3.45. The van der Waals surface area contributed by atoms with Crippen LogP contribution in [0.15, 0.2) is 67.0 Å². The number of pyridine rings is 1. The van der Waals surface area contributed by atoms with Crippen molar-refractivity contribution >= 4 is 34.2 Å². The van der Waals surface area contributed by atoms with Crippen LogP contribution in [0.5, 0.6) is 0 Å². The van der Waals surface area contributed by atoms with Crippen LogP contribution in [0, 0.1) is 5.82 Å². The zero-order valence-corrected chi connectivity index (χ0v) is 17.4. The first-order valence-electron chi connectivity index (χ1n) is 9.89. The van der Waals surface area contributed by atoms with Crippen molar-refractivity contribution < 1.29 is 27.2 Å². The number of rotatable bonds is 5. The summed E-state index contributed by atoms with van der Waals surface area (Å²) in [5.41, 5.74) is 5.61. The highest BCUT2D eigenvalue weighted by molar-refractivity contribution is 6.06. The van der Waals surface area contributed by atoms with Crippen molar-refractivity contribution in [2.24, 2.45) is 5.73 Å². The summed E-state index contributed by atoms with van der Waals surface area (Å²) in [6, 6.07) is 11.0. The van der Waals surface area contributed by atoms with Crippen LogP contribution in [0.4, 0.5) is 33.7 Å². The van der Waals surface area contributed by atoms with Crippen LogP contribution in [0.1, 0.15) is 21.6 Å². The number of halogens is 4. The third-order valence-corrected chi connectivity index (χ3v) is 5.03. The van der Waals surface area contributed by atoms with E-state index in [1.54, 1.807) is 42.6 Å². The second kappa shape index (κ2) is 8.85. The van der Waals surface area contributed by atoms with Gasteiger partial charge in [0.2, 0.25) is 0 Å². The lowest BCUT2D eigenvalue weighted by Crippen LogP contribution is -2.20. The Bertz CT molecular complexity index is 1400. The molecule has 0 atom stereocenters. The molecule has 3 amide bonds. The second-order valence-electron chi connectivity index (χ2n) is 7.37. The van der Waals surface area contributed by atoms with Crippen LogP contribution in [0.25, 0.3) is 10.9 Å². The molecule has 7 nitrogen and oxygen atoms in total. The number of nitrogens with two attached hydrogens (primary N) is 1. The number of aromatic nitrogens is 2. The van der Waals surface area contributed by atoms with E-state index in [1.165, 1.54) is 6.20 Å². The summed E-state index contributed by atoms with van der Waals surface area (Å²) in [7, 11) is 0. The largest absolute Gasteiger partial charge is 0.416 e. The van der Waals surface area contributed by atoms with E-state index in [0.717, 1.165) is 11.1 Å². The molecule has 0 fully saturated rings. The maximum Gasteiger partial charge on any atom is 0.416 e. The number of carbonyl (C=O) groups is 2. The molecule has 174 valence electrons. The van der Waals surface area contributed by atoms with Gasteiger partial charge >= 0.3 is 12.2 Å². The summed E-state index contributed by atoms with van der Waals surface area (Å²) >= 11 is 0. The molecule has 4 aromatic rings. The minimum Gasteiger partial charge on any atom is -0.364 e. The third kappa shape index (κ3) is 4.82. The minimum atomic E-state index is -4.68. The van der Waals surface area contributed by atoms with Crippen LogP contribution in [-0.2, 0) is 12.7 Å². The number of anilines is 2. The summed E-state index contributed by atoms with van der Waals surface area (Å²) in [5.74, 6) is -1.64. The molecule has 0 aliphatic rings. The molecule has 2 heterocycles. The highest BCUT2D eigenvalue weighted by Gasteiger charge is 2.31. The van der Waals surface area contributed by atoms with Crippen molar-refractivity contribution in [2.45, 2.75) is 12.7 Å². The molecule has 0 aliphatic heterocycles. The predicted octanol–water partition coefficient (Wildman–Crippen LogP) is 4.99. The molecule has 0 bridgehead atoms. The lowest BCUT2D eigenvalue weighted by Gasteiger charge is -2.12. The molecule has 0 radical (unpaired) electrons. The van der Waals surface area contributed by atoms with E-state index in [-0.39, 0.29) is 5.69 Å². The number of benzene rings is 2. The Morgan fingerprint density at radius 2 is 1.76 bits per heavy atom. The Labute approximate surface area is 190 Å². The number of carbonyl (C=O) groups excluding carboxylic acids is 2. The lowest BCUT2D eigenvalue weighted by atomic mass is 10.2. The zero-order valence-electron chi connectivity index (χ0n) is 17.4. The Balaban J connectivity index is 1.55. The first kappa shape index (κ1) is 22.8. The van der Waals surface area contributed by atoms with E-state index in [1.807, 2.05) is 4.57 Å². The van der Waals surface area contributed by atoms with Gasteiger partial charge in [-0.15, -0.1) is 0 Å². The van der Waals surface area contributed by atoms with Crippen LogP contribution in [-0.4, -0.2) is 21.5 Å². The molecule has 11 heteroatoms. The summed E-state index contributed by atoms with van der Waals surface area (Å²) in [5, 5.41) is 5.30. The van der Waals surface area contributed by atoms with Crippen LogP contribution < -0.4 is 16.4 Å². The molecule has 0 aliphatic carbocycles. The van der Waals surface area contributed by atoms with Crippen molar-refractivity contribution in [2.75, 3.05) is 10.6 Å². The van der Waals surface area contributed by atoms with E-state index in [9.17, 15) is 27.2 Å². The minimum absolute atomic E-state index is 0.134. The van der Waals surface area contributed by atoms with Crippen molar-refractivity contribution in [3.05, 3.63) is 89.6 Å². The number of alkyl halides is 3. The van der Waals surface area contributed by atoms with Gasteiger partial charge in [0.1, 0.15) is 11.5 Å². The quantitative estimate of drug-likeness (QED) is 0.358. The Morgan fingerprint density at radius 1 is 1.00 bits per heavy atom. The van der Waals surface area contributed by atoms with Gasteiger partial charge in [-0.05, 0) is 54.1 Å². The molecule has 4 rings (SSSR count). The Hall–Kier alpha value is -4.41. The van der Waals surface area contributed by atoms with Gasteiger partial charge in [0.05, 0.1) is 22.5 Å². The normalized spacial score (nSPS) is 11.4. The number of urea groups is 1. The number of hydrogen-bond donors (Lipinski definition) is 3. The maximum absolute atomic E-state index is 14.0. The van der Waals surface area contributed by atoms with Crippen LogP contribution in [0.3, 0.4) is 0 Å². The maximum atomic E-state index is 14.0. The van der Waals surface area contributed by atoms with E-state index >= 15 is 0 Å². The molecule has 34 heavy (non-hydrogen) atoms. The topological polar surface area (TPSA) is 102 Å². The van der Waals surface area contributed by atoms with Crippen LogP contribution in [0.2, 0.25) is 0 Å². The highest BCUT2D eigenvalue weighted by atomic mass is 19.4. The molecule has 0 spiro atoms. The van der Waals surface area contributed by atoms with Gasteiger partial charge < -0.3 is 20.9 Å². The molecule has 2 aromatic carbocycles. The number of nitrogens with one attached hydrogen (secondary N) is 2. The first-order chi connectivity index (χ1) is 16.1. The van der Waals surface area contributed by atoms with E-state index in [0.29, 0.717) is 35.8 Å². The van der Waals surface area contributed by atoms with Gasteiger partial charge in [-0.3, -0.25) is 9.78 Å². The van der Waals surface area contributed by atoms with Gasteiger partial charge in [-0.2, -0.15) is 13.2 Å². The smallest absolute Gasteiger partial charge is 0.364 e. The van der Waals surface area contributed by atoms with E-state index in [2.05, 4.69) is 15.6 Å². The highest BCUT2D eigenvalue weighted by Crippen LogP contribution is 2.32. The van der Waals surface area contributed by atoms with Crippen LogP contribution >= 0.6 is 0 Å². The molecule has 4 N–H and O–H groups in total. The number of hydrogen-bond acceptors (Lipinski definition) is 3. The summed E-state index contributed by atoms with van der Waals surface area (Å²) in [6.07, 6.45) is -1.43. The number of nitrogens with zero attached hydrogens (tertiary/aromatic N) is 2. The Kier molecular flexibility index (Phi) is 5.93. The molecule has 0 saturated heterocycles. The SMILES string of the molecule is NC(=O)c1cc(Cn2ccc3c(NC(=O)Nc4cc(C(F)(F)F)ccc4F)cccc32)ccn1. The van der Waals surface area contributed by atoms with Gasteiger partial charge in [-0.25, -0.2) is 9.18 Å². The summed E-state index contributed by atoms with van der Waals surface area (Å²) in [6.45, 7) is 0.386. The molecular weight excluding hydrogens is 454 g/mol. The summed E-state index contributed by atoms with van der Waals surface area (Å²) in [4.78, 5) is 27.7. The summed E-state index contributed by atoms with van der Waals surface area (Å²) < 4.78 is 54.5. The van der Waals surface area contributed by atoms with Gasteiger partial charge in [0.25, 0.3) is 5.91 Å². The van der Waals surface area contributed by atoms with Gasteiger partial charge in [-0.1, -0.05) is 6.07 Å². The molecular formula is C23H17F4N5O2. The van der Waals surface area contributed by atoms with Crippen molar-refractivity contribution in [1.29, 1.82) is 0 Å². The second-order valence-corrected chi connectivity index (χ2v) is 7.37. The number of fused-ring (bicyclic) bond motifs is 1. The van der Waals surface area contributed by atoms with Crippen molar-refractivity contribution in [3.8, 4) is 0 Å². The van der Waals surface area contributed by atoms with Gasteiger partial charge in [0, 0.05) is 24.3 Å². The van der Waals surface area contributed by atoms with E-state index in [4.69, 9.17) is 5.73 Å². The lowest BCUT2D eigenvalue weighted by molar-refractivity contribution is -0.137. The number of amides is 3. The predicted molar refractivity (Wildman–Crippen MR) is 118 cm³/mol. The van der Waals surface area contributed by atoms with Gasteiger partial charge in [0.15, 0.2) is 0 Å².